The van der Waals surface area contributed by atoms with Gasteiger partial charge < -0.3 is 10.1 Å². The van der Waals surface area contributed by atoms with E-state index in [4.69, 9.17) is 4.74 Å². The first-order valence-corrected chi connectivity index (χ1v) is 10.8. The van der Waals surface area contributed by atoms with Gasteiger partial charge in [0.25, 0.3) is 5.91 Å². The molecule has 0 spiro atoms. The van der Waals surface area contributed by atoms with Crippen LogP contribution in [0.25, 0.3) is 11.1 Å². The number of benzene rings is 2. The number of hydrogen-bond donors (Lipinski definition) is 1. The summed E-state index contributed by atoms with van der Waals surface area (Å²) in [6.45, 7) is 10.4. The van der Waals surface area contributed by atoms with E-state index in [0.29, 0.717) is 17.6 Å². The Balaban J connectivity index is 1.49. The fourth-order valence-corrected chi connectivity index (χ4v) is 4.03. The third kappa shape index (κ3) is 5.83. The number of nitrogens with zero attached hydrogens (tertiary/aromatic N) is 1. The average Bonchev–Trinajstić information content (AvgIpc) is 3.03. The molecule has 156 valence electrons. The van der Waals surface area contributed by atoms with Gasteiger partial charge in [-0.25, -0.2) is 0 Å². The lowest BCUT2D eigenvalue weighted by molar-refractivity contribution is 0.0943. The molecule has 2 aromatic carbocycles. The summed E-state index contributed by atoms with van der Waals surface area (Å²) >= 11 is 0. The van der Waals surface area contributed by atoms with Crippen LogP contribution in [-0.4, -0.2) is 42.1 Å². The Kier molecular flexibility index (Phi) is 7.32. The van der Waals surface area contributed by atoms with Gasteiger partial charge in [0.2, 0.25) is 0 Å². The zero-order valence-corrected chi connectivity index (χ0v) is 18.2. The molecule has 4 nitrogen and oxygen atoms in total. The normalized spacial score (nSPS) is 19.5. The van der Waals surface area contributed by atoms with Crippen molar-refractivity contribution in [1.82, 2.24) is 10.2 Å². The maximum absolute atomic E-state index is 12.1. The van der Waals surface area contributed by atoms with E-state index in [9.17, 15) is 4.79 Å². The average molecular weight is 395 g/mol. The summed E-state index contributed by atoms with van der Waals surface area (Å²) in [7, 11) is 0. The number of rotatable bonds is 8. The second-order valence-corrected chi connectivity index (χ2v) is 8.45. The molecule has 1 N–H and O–H groups in total. The first-order valence-electron chi connectivity index (χ1n) is 10.8. The monoisotopic (exact) mass is 394 g/mol. The smallest absolute Gasteiger partial charge is 0.251 e. The molecule has 3 rings (SSSR count). The highest BCUT2D eigenvalue weighted by Gasteiger charge is 2.26. The predicted octanol–water partition coefficient (Wildman–Crippen LogP) is 5.13. The molecule has 1 heterocycles. The van der Waals surface area contributed by atoms with Crippen molar-refractivity contribution in [1.29, 1.82) is 0 Å². The van der Waals surface area contributed by atoms with Gasteiger partial charge in [-0.2, -0.15) is 0 Å². The first-order chi connectivity index (χ1) is 13.9. The van der Waals surface area contributed by atoms with Crippen LogP contribution in [0.3, 0.4) is 0 Å². The molecule has 0 aromatic heterocycles. The van der Waals surface area contributed by atoms with E-state index in [1.54, 1.807) is 0 Å². The van der Waals surface area contributed by atoms with E-state index in [1.807, 2.05) is 50.2 Å². The second kappa shape index (κ2) is 9.93. The lowest BCUT2D eigenvalue weighted by Crippen LogP contribution is -2.34. The SMILES string of the molecule is CC(C)NC(=O)c1ccc(-c2ccc(OCCCN3[C@@H](C)CC[C@@H]3C)cc2)cc1. The van der Waals surface area contributed by atoms with Crippen LogP contribution < -0.4 is 10.1 Å². The predicted molar refractivity (Wildman–Crippen MR) is 119 cm³/mol. The largest absolute Gasteiger partial charge is 0.494 e. The Hall–Kier alpha value is -2.33. The van der Waals surface area contributed by atoms with Crippen LogP contribution >= 0.6 is 0 Å². The topological polar surface area (TPSA) is 41.6 Å². The molecule has 1 fully saturated rings. The third-order valence-electron chi connectivity index (χ3n) is 5.72. The number of nitrogens with one attached hydrogen (secondary N) is 1. The van der Waals surface area contributed by atoms with Crippen molar-refractivity contribution < 1.29 is 9.53 Å². The number of hydrogen-bond acceptors (Lipinski definition) is 3. The van der Waals surface area contributed by atoms with Crippen LogP contribution in [0.4, 0.5) is 0 Å². The van der Waals surface area contributed by atoms with Crippen molar-refractivity contribution in [2.24, 2.45) is 0 Å². The Labute approximate surface area is 175 Å². The zero-order chi connectivity index (χ0) is 20.8. The van der Waals surface area contributed by atoms with Crippen molar-refractivity contribution >= 4 is 5.91 Å². The third-order valence-corrected chi connectivity index (χ3v) is 5.72. The summed E-state index contributed by atoms with van der Waals surface area (Å²) in [5, 5.41) is 2.91. The van der Waals surface area contributed by atoms with Crippen LogP contribution in [0.2, 0.25) is 0 Å². The van der Waals surface area contributed by atoms with Crippen molar-refractivity contribution in [2.75, 3.05) is 13.2 Å². The molecule has 1 aliphatic rings. The lowest BCUT2D eigenvalue weighted by Gasteiger charge is -2.25. The molecule has 2 atom stereocenters. The molecule has 0 saturated carbocycles. The maximum Gasteiger partial charge on any atom is 0.251 e. The number of carbonyl (C=O) groups is 1. The minimum absolute atomic E-state index is 0.0342. The second-order valence-electron chi connectivity index (χ2n) is 8.45. The molecule has 0 radical (unpaired) electrons. The number of amides is 1. The van der Waals surface area contributed by atoms with E-state index in [-0.39, 0.29) is 11.9 Å². The quantitative estimate of drug-likeness (QED) is 0.631. The van der Waals surface area contributed by atoms with Gasteiger partial charge in [-0.3, -0.25) is 9.69 Å². The summed E-state index contributed by atoms with van der Waals surface area (Å²) in [5.74, 6) is 0.872. The molecule has 1 saturated heterocycles. The minimum Gasteiger partial charge on any atom is -0.494 e. The summed E-state index contributed by atoms with van der Waals surface area (Å²) in [6.07, 6.45) is 3.68. The number of carbonyl (C=O) groups excluding carboxylic acids is 1. The molecule has 0 unspecified atom stereocenters. The van der Waals surface area contributed by atoms with Crippen LogP contribution in [0.5, 0.6) is 5.75 Å². The van der Waals surface area contributed by atoms with E-state index < -0.39 is 0 Å². The fourth-order valence-electron chi connectivity index (χ4n) is 4.03. The van der Waals surface area contributed by atoms with E-state index in [0.717, 1.165) is 36.4 Å². The highest BCUT2D eigenvalue weighted by Crippen LogP contribution is 2.24. The molecule has 29 heavy (non-hydrogen) atoms. The van der Waals surface area contributed by atoms with Gasteiger partial charge in [-0.15, -0.1) is 0 Å². The van der Waals surface area contributed by atoms with Crippen LogP contribution in [0, 0.1) is 0 Å². The number of ether oxygens (including phenoxy) is 1. The van der Waals surface area contributed by atoms with Gasteiger partial charge in [0.1, 0.15) is 5.75 Å². The van der Waals surface area contributed by atoms with E-state index >= 15 is 0 Å². The summed E-state index contributed by atoms with van der Waals surface area (Å²) in [4.78, 5) is 14.7. The van der Waals surface area contributed by atoms with Crippen molar-refractivity contribution in [3.8, 4) is 16.9 Å². The van der Waals surface area contributed by atoms with Gasteiger partial charge in [0, 0.05) is 30.2 Å². The van der Waals surface area contributed by atoms with Crippen molar-refractivity contribution in [3.63, 3.8) is 0 Å². The molecule has 0 aliphatic carbocycles. The van der Waals surface area contributed by atoms with Gasteiger partial charge >= 0.3 is 0 Å². The molecule has 1 amide bonds. The standard InChI is InChI=1S/C25H34N2O2/c1-18(2)26-25(28)23-10-8-21(9-11-23)22-12-14-24(15-13-22)29-17-5-16-27-19(3)6-7-20(27)4/h8-15,18-20H,5-7,16-17H2,1-4H3,(H,26,28)/t19-,20-/m0/s1. The molecular weight excluding hydrogens is 360 g/mol. The van der Waals surface area contributed by atoms with Crippen LogP contribution in [-0.2, 0) is 0 Å². The Morgan fingerprint density at radius 2 is 1.55 bits per heavy atom. The molecule has 0 bridgehead atoms. The summed E-state index contributed by atoms with van der Waals surface area (Å²) < 4.78 is 5.94. The van der Waals surface area contributed by atoms with Gasteiger partial charge in [0.05, 0.1) is 6.61 Å². The summed E-state index contributed by atoms with van der Waals surface area (Å²) in [5.41, 5.74) is 2.89. The Bertz CT molecular complexity index is 773. The van der Waals surface area contributed by atoms with Gasteiger partial charge in [-0.05, 0) is 82.3 Å². The Morgan fingerprint density at radius 1 is 1.00 bits per heavy atom. The van der Waals surface area contributed by atoms with Gasteiger partial charge in [-0.1, -0.05) is 24.3 Å². The van der Waals surface area contributed by atoms with Gasteiger partial charge in [0.15, 0.2) is 0 Å². The maximum atomic E-state index is 12.1. The minimum atomic E-state index is -0.0342. The molecule has 2 aromatic rings. The highest BCUT2D eigenvalue weighted by atomic mass is 16.5. The van der Waals surface area contributed by atoms with E-state index in [2.05, 4.69) is 36.2 Å². The lowest BCUT2D eigenvalue weighted by atomic mass is 10.0. The summed E-state index contributed by atoms with van der Waals surface area (Å²) in [6, 6.07) is 17.5. The Morgan fingerprint density at radius 3 is 2.10 bits per heavy atom. The van der Waals surface area contributed by atoms with Crippen LogP contribution in [0.15, 0.2) is 48.5 Å². The molecule has 1 aliphatic heterocycles. The first kappa shape index (κ1) is 21.4. The highest BCUT2D eigenvalue weighted by molar-refractivity contribution is 5.94. The van der Waals surface area contributed by atoms with E-state index in [1.165, 1.54) is 12.8 Å². The molecule has 4 heteroatoms. The van der Waals surface area contributed by atoms with Crippen LogP contribution in [0.1, 0.15) is 57.3 Å². The molecular formula is C25H34N2O2. The fraction of sp³-hybridized carbons (Fsp3) is 0.480. The van der Waals surface area contributed by atoms with Crippen molar-refractivity contribution in [2.45, 2.75) is 65.1 Å². The number of likely N-dealkylation sites (tertiary alicyclic amines) is 1. The zero-order valence-electron chi connectivity index (χ0n) is 18.2. The van der Waals surface area contributed by atoms with Crippen molar-refractivity contribution in [3.05, 3.63) is 54.1 Å².